The third-order valence-corrected chi connectivity index (χ3v) is 5.00. The number of nitrogens with zero attached hydrogens (tertiary/aromatic N) is 6. The lowest BCUT2D eigenvalue weighted by atomic mass is 10.2. The van der Waals surface area contributed by atoms with Gasteiger partial charge in [-0.1, -0.05) is 25.6 Å². The second-order valence-corrected chi connectivity index (χ2v) is 7.62. The van der Waals surface area contributed by atoms with E-state index in [-0.39, 0.29) is 0 Å². The van der Waals surface area contributed by atoms with E-state index in [2.05, 4.69) is 49.1 Å². The van der Waals surface area contributed by atoms with Crippen molar-refractivity contribution in [1.29, 1.82) is 0 Å². The number of benzene rings is 1. The zero-order valence-electron chi connectivity index (χ0n) is 15.1. The number of imidazole rings is 1. The average Bonchev–Trinajstić information content (AvgIpc) is 3.24. The highest BCUT2D eigenvalue weighted by Crippen LogP contribution is 2.32. The molecule has 4 aromatic rings. The molecule has 0 atom stereocenters. The SMILES string of the molecule is CC(C)CNCCn1c(Sc2ccc3nnoc3c2)nc2c(N)ncnc21. The monoisotopic (exact) mass is 384 g/mol. The molecule has 3 aromatic heterocycles. The van der Waals surface area contributed by atoms with Crippen molar-refractivity contribution in [2.45, 2.75) is 30.4 Å². The number of fused-ring (bicyclic) bond motifs is 2. The van der Waals surface area contributed by atoms with Gasteiger partial charge in [-0.25, -0.2) is 15.0 Å². The van der Waals surface area contributed by atoms with Crippen LogP contribution in [0.5, 0.6) is 0 Å². The van der Waals surface area contributed by atoms with Gasteiger partial charge in [0.2, 0.25) is 0 Å². The van der Waals surface area contributed by atoms with Gasteiger partial charge in [-0.05, 0) is 24.6 Å². The minimum absolute atomic E-state index is 0.380. The molecule has 3 heterocycles. The molecule has 10 heteroatoms. The Morgan fingerprint density at radius 3 is 3.04 bits per heavy atom. The van der Waals surface area contributed by atoms with Crippen LogP contribution in [0.2, 0.25) is 0 Å². The molecule has 0 fully saturated rings. The molecule has 0 spiro atoms. The number of hydrogen-bond donors (Lipinski definition) is 2. The molecule has 0 radical (unpaired) electrons. The lowest BCUT2D eigenvalue weighted by Gasteiger charge is -2.10. The molecule has 4 rings (SSSR count). The smallest absolute Gasteiger partial charge is 0.188 e. The molecular formula is C17H20N8OS. The molecule has 0 amide bonds. The lowest BCUT2D eigenvalue weighted by Crippen LogP contribution is -2.24. The van der Waals surface area contributed by atoms with Crippen molar-refractivity contribution in [3.05, 3.63) is 24.5 Å². The molecule has 27 heavy (non-hydrogen) atoms. The van der Waals surface area contributed by atoms with Gasteiger partial charge in [-0.15, -0.1) is 5.10 Å². The first kappa shape index (κ1) is 17.7. The third kappa shape index (κ3) is 3.71. The highest BCUT2D eigenvalue weighted by Gasteiger charge is 2.16. The van der Waals surface area contributed by atoms with E-state index in [1.165, 1.54) is 18.1 Å². The first-order chi connectivity index (χ1) is 13.1. The summed E-state index contributed by atoms with van der Waals surface area (Å²) in [4.78, 5) is 14.1. The van der Waals surface area contributed by atoms with Crippen LogP contribution in [0, 0.1) is 5.92 Å². The number of aromatic nitrogens is 6. The fourth-order valence-electron chi connectivity index (χ4n) is 2.72. The largest absolute Gasteiger partial charge is 0.382 e. The van der Waals surface area contributed by atoms with Crippen LogP contribution in [0.4, 0.5) is 5.82 Å². The predicted molar refractivity (Wildman–Crippen MR) is 103 cm³/mol. The van der Waals surface area contributed by atoms with Crippen molar-refractivity contribution in [3.63, 3.8) is 0 Å². The molecule has 0 aliphatic heterocycles. The van der Waals surface area contributed by atoms with Crippen LogP contribution in [0.15, 0.2) is 39.1 Å². The number of nitrogen functional groups attached to an aromatic ring is 1. The summed E-state index contributed by atoms with van der Waals surface area (Å²) in [5.41, 5.74) is 8.72. The zero-order valence-corrected chi connectivity index (χ0v) is 15.9. The Labute approximate surface area is 159 Å². The standard InChI is InChI=1S/C17H20N8OS/c1-10(2)8-19-5-6-25-16-14(15(18)20-9-21-16)22-17(25)27-11-3-4-12-13(7-11)26-24-23-12/h3-4,7,9-10,19H,5-6,8H2,1-2H3,(H2,18,20,21). The Kier molecular flexibility index (Phi) is 4.90. The van der Waals surface area contributed by atoms with E-state index < -0.39 is 0 Å². The van der Waals surface area contributed by atoms with E-state index >= 15 is 0 Å². The molecular weight excluding hydrogens is 364 g/mol. The van der Waals surface area contributed by atoms with Gasteiger partial charge in [0.25, 0.3) is 0 Å². The molecule has 0 saturated carbocycles. The summed E-state index contributed by atoms with van der Waals surface area (Å²) in [7, 11) is 0. The summed E-state index contributed by atoms with van der Waals surface area (Å²) in [6, 6.07) is 5.74. The molecule has 0 saturated heterocycles. The number of rotatable bonds is 7. The molecule has 0 unspecified atom stereocenters. The Hall–Kier alpha value is -2.72. The van der Waals surface area contributed by atoms with Crippen LogP contribution >= 0.6 is 11.8 Å². The van der Waals surface area contributed by atoms with E-state index in [1.54, 1.807) is 0 Å². The fraction of sp³-hybridized carbons (Fsp3) is 0.353. The third-order valence-electron chi connectivity index (χ3n) is 4.02. The number of nitrogens with one attached hydrogen (secondary N) is 1. The zero-order chi connectivity index (χ0) is 18.8. The van der Waals surface area contributed by atoms with Gasteiger partial charge in [-0.2, -0.15) is 0 Å². The van der Waals surface area contributed by atoms with Crippen LogP contribution < -0.4 is 11.1 Å². The number of anilines is 1. The van der Waals surface area contributed by atoms with Crippen LogP contribution in [-0.2, 0) is 6.54 Å². The summed E-state index contributed by atoms with van der Waals surface area (Å²) in [5, 5.41) is 11.7. The van der Waals surface area contributed by atoms with Gasteiger partial charge in [0.15, 0.2) is 27.7 Å². The van der Waals surface area contributed by atoms with Gasteiger partial charge in [0.05, 0.1) is 0 Å². The van der Waals surface area contributed by atoms with Gasteiger partial charge < -0.3 is 20.1 Å². The fourth-order valence-corrected chi connectivity index (χ4v) is 3.66. The Balaban J connectivity index is 1.65. The maximum absolute atomic E-state index is 6.00. The minimum atomic E-state index is 0.380. The minimum Gasteiger partial charge on any atom is -0.382 e. The molecule has 0 bridgehead atoms. The summed E-state index contributed by atoms with van der Waals surface area (Å²) < 4.78 is 7.22. The van der Waals surface area contributed by atoms with Crippen LogP contribution in [0.3, 0.4) is 0 Å². The summed E-state index contributed by atoms with van der Waals surface area (Å²) in [6.45, 7) is 6.87. The van der Waals surface area contributed by atoms with Crippen LogP contribution in [-0.4, -0.2) is 43.0 Å². The first-order valence-corrected chi connectivity index (χ1v) is 9.51. The van der Waals surface area contributed by atoms with Crippen molar-refractivity contribution in [3.8, 4) is 0 Å². The van der Waals surface area contributed by atoms with E-state index in [9.17, 15) is 0 Å². The second kappa shape index (κ2) is 7.49. The van der Waals surface area contributed by atoms with E-state index in [1.807, 2.05) is 18.2 Å². The summed E-state index contributed by atoms with van der Waals surface area (Å²) in [6.07, 6.45) is 1.47. The van der Waals surface area contributed by atoms with Crippen molar-refractivity contribution in [2.24, 2.45) is 5.92 Å². The van der Waals surface area contributed by atoms with E-state index in [0.29, 0.717) is 22.8 Å². The van der Waals surface area contributed by atoms with Gasteiger partial charge in [0.1, 0.15) is 11.8 Å². The quantitative estimate of drug-likeness (QED) is 0.462. The molecule has 0 aliphatic rings. The first-order valence-electron chi connectivity index (χ1n) is 8.69. The maximum atomic E-state index is 6.00. The van der Waals surface area contributed by atoms with Crippen molar-refractivity contribution >= 4 is 39.8 Å². The topological polar surface area (TPSA) is 121 Å². The molecule has 0 aliphatic carbocycles. The van der Waals surface area contributed by atoms with Crippen molar-refractivity contribution < 1.29 is 4.52 Å². The van der Waals surface area contributed by atoms with Crippen molar-refractivity contribution in [1.82, 2.24) is 35.2 Å². The lowest BCUT2D eigenvalue weighted by molar-refractivity contribution is 0.423. The highest BCUT2D eigenvalue weighted by molar-refractivity contribution is 7.99. The molecule has 3 N–H and O–H groups in total. The van der Waals surface area contributed by atoms with E-state index in [0.717, 1.165) is 40.9 Å². The number of nitrogens with two attached hydrogens (primary N) is 1. The maximum Gasteiger partial charge on any atom is 0.188 e. The van der Waals surface area contributed by atoms with Crippen molar-refractivity contribution in [2.75, 3.05) is 18.8 Å². The Bertz CT molecular complexity index is 1070. The number of hydrogen-bond acceptors (Lipinski definition) is 9. The highest BCUT2D eigenvalue weighted by atomic mass is 32.2. The predicted octanol–water partition coefficient (Wildman–Crippen LogP) is 2.34. The average molecular weight is 384 g/mol. The molecule has 9 nitrogen and oxygen atoms in total. The summed E-state index contributed by atoms with van der Waals surface area (Å²) in [5.74, 6) is 0.976. The van der Waals surface area contributed by atoms with E-state index in [4.69, 9.17) is 10.3 Å². The van der Waals surface area contributed by atoms with Gasteiger partial charge in [-0.3, -0.25) is 0 Å². The van der Waals surface area contributed by atoms with Crippen LogP contribution in [0.1, 0.15) is 13.8 Å². The Morgan fingerprint density at radius 2 is 2.19 bits per heavy atom. The molecule has 140 valence electrons. The van der Waals surface area contributed by atoms with Gasteiger partial charge >= 0.3 is 0 Å². The van der Waals surface area contributed by atoms with Crippen LogP contribution in [0.25, 0.3) is 22.3 Å². The second-order valence-electron chi connectivity index (χ2n) is 6.58. The summed E-state index contributed by atoms with van der Waals surface area (Å²) >= 11 is 1.52. The normalized spacial score (nSPS) is 11.8. The van der Waals surface area contributed by atoms with Gasteiger partial charge in [0, 0.05) is 29.3 Å². The Morgan fingerprint density at radius 1 is 1.30 bits per heavy atom. The molecule has 1 aromatic carbocycles.